The first-order valence-corrected chi connectivity index (χ1v) is 12.3. The van der Waals surface area contributed by atoms with Gasteiger partial charge in [0.15, 0.2) is 10.8 Å². The number of Topliss-reactive ketones (excluding diaryl/α,β-unsaturated/α-hetero) is 1. The van der Waals surface area contributed by atoms with Crippen molar-refractivity contribution in [3.63, 3.8) is 0 Å². The van der Waals surface area contributed by atoms with E-state index in [9.17, 15) is 19.5 Å². The molecule has 0 spiro atoms. The van der Waals surface area contributed by atoms with E-state index in [1.165, 1.54) is 17.5 Å². The van der Waals surface area contributed by atoms with E-state index >= 15 is 0 Å². The number of aromatic nitrogens is 3. The summed E-state index contributed by atoms with van der Waals surface area (Å²) in [5.74, 6) is -0.212. The minimum atomic E-state index is -1.29. The standard InChI is InChI=1S/C24H28N4O5S/c1-4-15(13-33-5-2)9-18(29)16-10-27(11-16)19-8-14(3)20-21(30)17(23(31)32)12-28(22(20)26-19)24-25-6-7-34-24/h6-8,12,15-16H,4-5,9-11,13H2,1-3H3,(H,31,32)/t15-/m1/s1. The fourth-order valence-corrected chi connectivity index (χ4v) is 4.82. The summed E-state index contributed by atoms with van der Waals surface area (Å²) >= 11 is 1.32. The van der Waals surface area contributed by atoms with E-state index in [4.69, 9.17) is 9.72 Å². The zero-order valence-corrected chi connectivity index (χ0v) is 20.3. The Bertz CT molecular complexity index is 1260. The van der Waals surface area contributed by atoms with Crippen molar-refractivity contribution < 1.29 is 19.4 Å². The Morgan fingerprint density at radius 3 is 2.71 bits per heavy atom. The highest BCUT2D eigenvalue weighted by atomic mass is 32.1. The molecule has 0 amide bonds. The number of ketones is 1. The minimum absolute atomic E-state index is 0.0518. The molecule has 0 radical (unpaired) electrons. The third kappa shape index (κ3) is 4.60. The van der Waals surface area contributed by atoms with Gasteiger partial charge in [0.05, 0.1) is 11.3 Å². The Balaban J connectivity index is 1.62. The molecule has 1 N–H and O–H groups in total. The van der Waals surface area contributed by atoms with Crippen molar-refractivity contribution in [3.05, 3.63) is 45.2 Å². The molecular weight excluding hydrogens is 456 g/mol. The lowest BCUT2D eigenvalue weighted by Crippen LogP contribution is -2.51. The fraction of sp³-hybridized carbons (Fsp3) is 0.458. The molecule has 4 heterocycles. The van der Waals surface area contributed by atoms with Crippen molar-refractivity contribution in [3.8, 4) is 5.13 Å². The molecule has 34 heavy (non-hydrogen) atoms. The minimum Gasteiger partial charge on any atom is -0.477 e. The number of hydrogen-bond acceptors (Lipinski definition) is 8. The molecule has 0 saturated carbocycles. The molecule has 1 saturated heterocycles. The van der Waals surface area contributed by atoms with Crippen LogP contribution in [0, 0.1) is 18.8 Å². The van der Waals surface area contributed by atoms with Crippen molar-refractivity contribution in [2.75, 3.05) is 31.2 Å². The number of thiazole rings is 1. The predicted octanol–water partition coefficient (Wildman–Crippen LogP) is 3.31. The number of carbonyl (C=O) groups excluding carboxylic acids is 1. The molecule has 180 valence electrons. The van der Waals surface area contributed by atoms with E-state index in [2.05, 4.69) is 11.9 Å². The molecule has 0 aliphatic carbocycles. The van der Waals surface area contributed by atoms with Crippen molar-refractivity contribution in [1.29, 1.82) is 0 Å². The number of fused-ring (bicyclic) bond motifs is 1. The number of pyridine rings is 2. The normalized spacial score (nSPS) is 14.9. The predicted molar refractivity (Wildman–Crippen MR) is 130 cm³/mol. The quantitative estimate of drug-likeness (QED) is 0.466. The lowest BCUT2D eigenvalue weighted by molar-refractivity contribution is -0.125. The van der Waals surface area contributed by atoms with Gasteiger partial charge in [-0.3, -0.25) is 14.2 Å². The monoisotopic (exact) mass is 484 g/mol. The molecule has 1 aliphatic rings. The Morgan fingerprint density at radius 2 is 2.09 bits per heavy atom. The molecule has 0 aromatic carbocycles. The van der Waals surface area contributed by atoms with Crippen LogP contribution in [0.4, 0.5) is 5.82 Å². The number of ether oxygens (including phenoxy) is 1. The first-order chi connectivity index (χ1) is 16.3. The second-order valence-corrected chi connectivity index (χ2v) is 9.44. The number of carboxylic acids is 1. The van der Waals surface area contributed by atoms with Crippen LogP contribution in [0.5, 0.6) is 0 Å². The van der Waals surface area contributed by atoms with E-state index in [1.807, 2.05) is 11.8 Å². The summed E-state index contributed by atoms with van der Waals surface area (Å²) in [5, 5.41) is 12.1. The first-order valence-electron chi connectivity index (χ1n) is 11.4. The molecule has 9 nitrogen and oxygen atoms in total. The topological polar surface area (TPSA) is 115 Å². The molecular formula is C24H28N4O5S. The van der Waals surface area contributed by atoms with Gasteiger partial charge in [0.2, 0.25) is 5.43 Å². The molecule has 3 aromatic rings. The summed E-state index contributed by atoms with van der Waals surface area (Å²) in [6.45, 7) is 8.18. The smallest absolute Gasteiger partial charge is 0.341 e. The third-order valence-electron chi connectivity index (χ3n) is 6.28. The second kappa shape index (κ2) is 10.0. The maximum absolute atomic E-state index is 12.9. The second-order valence-electron chi connectivity index (χ2n) is 8.56. The number of carbonyl (C=O) groups is 2. The molecule has 1 atom stereocenters. The molecule has 1 aliphatic heterocycles. The summed E-state index contributed by atoms with van der Waals surface area (Å²) < 4.78 is 7.06. The van der Waals surface area contributed by atoms with Gasteiger partial charge in [0.25, 0.3) is 0 Å². The van der Waals surface area contributed by atoms with E-state index in [0.717, 1.165) is 6.42 Å². The summed E-state index contributed by atoms with van der Waals surface area (Å²) in [4.78, 5) is 48.4. The van der Waals surface area contributed by atoms with E-state index in [1.54, 1.807) is 29.1 Å². The van der Waals surface area contributed by atoms with Gasteiger partial charge in [-0.25, -0.2) is 14.8 Å². The van der Waals surface area contributed by atoms with Crippen LogP contribution in [-0.4, -0.2) is 57.7 Å². The molecule has 1 fully saturated rings. The highest BCUT2D eigenvalue weighted by molar-refractivity contribution is 7.12. The van der Waals surface area contributed by atoms with Crippen LogP contribution in [0.2, 0.25) is 0 Å². The Morgan fingerprint density at radius 1 is 1.32 bits per heavy atom. The van der Waals surface area contributed by atoms with Gasteiger partial charge in [0, 0.05) is 50.5 Å². The van der Waals surface area contributed by atoms with Crippen LogP contribution in [-0.2, 0) is 9.53 Å². The number of rotatable bonds is 10. The van der Waals surface area contributed by atoms with Crippen molar-refractivity contribution in [1.82, 2.24) is 14.5 Å². The average Bonchev–Trinajstić information content (AvgIpc) is 3.30. The van der Waals surface area contributed by atoms with Crippen LogP contribution < -0.4 is 10.3 Å². The molecule has 0 unspecified atom stereocenters. The largest absolute Gasteiger partial charge is 0.477 e. The van der Waals surface area contributed by atoms with Crippen LogP contribution in [0.3, 0.4) is 0 Å². The van der Waals surface area contributed by atoms with Crippen molar-refractivity contribution in [2.24, 2.45) is 11.8 Å². The third-order valence-corrected chi connectivity index (χ3v) is 7.05. The summed E-state index contributed by atoms with van der Waals surface area (Å²) in [7, 11) is 0. The zero-order chi connectivity index (χ0) is 24.4. The summed E-state index contributed by atoms with van der Waals surface area (Å²) in [6.07, 6.45) is 4.32. The van der Waals surface area contributed by atoms with E-state index < -0.39 is 11.4 Å². The van der Waals surface area contributed by atoms with Crippen LogP contribution in [0.1, 0.15) is 42.6 Å². The average molecular weight is 485 g/mol. The maximum atomic E-state index is 12.9. The number of anilines is 1. The van der Waals surface area contributed by atoms with Crippen LogP contribution in [0.15, 0.2) is 28.6 Å². The van der Waals surface area contributed by atoms with Crippen molar-refractivity contribution in [2.45, 2.75) is 33.6 Å². The summed E-state index contributed by atoms with van der Waals surface area (Å²) in [5.41, 5.74) is 0.101. The molecule has 10 heteroatoms. The van der Waals surface area contributed by atoms with Crippen LogP contribution >= 0.6 is 11.3 Å². The number of nitrogens with zero attached hydrogens (tertiary/aromatic N) is 4. The van der Waals surface area contributed by atoms with Gasteiger partial charge in [0.1, 0.15) is 17.2 Å². The van der Waals surface area contributed by atoms with Gasteiger partial charge in [-0.1, -0.05) is 13.3 Å². The zero-order valence-electron chi connectivity index (χ0n) is 19.5. The fourth-order valence-electron chi connectivity index (χ4n) is 4.20. The first kappa shape index (κ1) is 24.0. The number of carboxylic acid groups (broad SMARTS) is 1. The van der Waals surface area contributed by atoms with Gasteiger partial charge in [-0.15, -0.1) is 11.3 Å². The van der Waals surface area contributed by atoms with Crippen molar-refractivity contribution >= 4 is 39.9 Å². The molecule has 3 aromatic heterocycles. The molecule has 4 rings (SSSR count). The highest BCUT2D eigenvalue weighted by Gasteiger charge is 2.34. The lowest BCUT2D eigenvalue weighted by Gasteiger charge is -2.40. The number of aryl methyl sites for hydroxylation is 1. The maximum Gasteiger partial charge on any atom is 0.341 e. The molecule has 0 bridgehead atoms. The van der Waals surface area contributed by atoms with Gasteiger partial charge < -0.3 is 14.7 Å². The van der Waals surface area contributed by atoms with Gasteiger partial charge in [-0.05, 0) is 31.4 Å². The summed E-state index contributed by atoms with van der Waals surface area (Å²) in [6, 6.07) is 1.78. The van der Waals surface area contributed by atoms with Gasteiger partial charge >= 0.3 is 5.97 Å². The SMILES string of the molecule is CCOC[C@H](CC)CC(=O)C1CN(c2cc(C)c3c(=O)c(C(=O)O)cn(-c4nccs4)c3n2)C1. The van der Waals surface area contributed by atoms with E-state index in [-0.39, 0.29) is 28.6 Å². The van der Waals surface area contributed by atoms with Gasteiger partial charge in [-0.2, -0.15) is 0 Å². The number of aromatic carboxylic acids is 1. The number of hydrogen-bond donors (Lipinski definition) is 1. The Hall–Kier alpha value is -3.11. The Kier molecular flexibility index (Phi) is 7.08. The van der Waals surface area contributed by atoms with E-state index in [0.29, 0.717) is 54.9 Å². The Labute approximate surface area is 201 Å². The highest BCUT2D eigenvalue weighted by Crippen LogP contribution is 2.30. The van der Waals surface area contributed by atoms with Crippen LogP contribution in [0.25, 0.3) is 16.2 Å². The lowest BCUT2D eigenvalue weighted by atomic mass is 9.88.